The fraction of sp³-hybridized carbons (Fsp3) is 0.188. The molecule has 0 aliphatic carbocycles. The summed E-state index contributed by atoms with van der Waals surface area (Å²) in [7, 11) is -3.28. The molecule has 3 aromatic rings. The maximum Gasteiger partial charge on any atom is 0.232 e. The Morgan fingerprint density at radius 2 is 1.91 bits per heavy atom. The van der Waals surface area contributed by atoms with Gasteiger partial charge in [0.25, 0.3) is 0 Å². The van der Waals surface area contributed by atoms with Gasteiger partial charge in [0.15, 0.2) is 0 Å². The molecular weight excluding hydrogens is 298 g/mol. The van der Waals surface area contributed by atoms with E-state index in [9.17, 15) is 8.42 Å². The fourth-order valence-electron chi connectivity index (χ4n) is 2.31. The molecule has 0 aliphatic heterocycles. The summed E-state index contributed by atoms with van der Waals surface area (Å²) >= 11 is 0. The molecule has 1 aromatic heterocycles. The summed E-state index contributed by atoms with van der Waals surface area (Å²) in [6.45, 7) is 1.84. The van der Waals surface area contributed by atoms with E-state index in [-0.39, 0.29) is 5.75 Å². The van der Waals surface area contributed by atoms with Crippen molar-refractivity contribution in [1.29, 1.82) is 0 Å². The van der Waals surface area contributed by atoms with Crippen LogP contribution in [0.4, 0.5) is 5.69 Å². The number of imidazole rings is 1. The van der Waals surface area contributed by atoms with E-state index in [0.717, 1.165) is 22.4 Å². The van der Waals surface area contributed by atoms with E-state index in [4.69, 9.17) is 0 Å². The molecule has 5 nitrogen and oxygen atoms in total. The molecule has 0 bridgehead atoms. The first-order valence-electron chi connectivity index (χ1n) is 7.13. The standard InChI is InChI=1S/C16H17N3O2S/c1-2-10-22(20,21)19-13-8-9-14-15(11-13)18-16(17-14)12-6-4-3-5-7-12/h3-9,11,19H,2,10H2,1H3,(H,17,18). The Bertz CT molecular complexity index is 886. The second-order valence-corrected chi connectivity index (χ2v) is 6.95. The van der Waals surface area contributed by atoms with E-state index >= 15 is 0 Å². The summed E-state index contributed by atoms with van der Waals surface area (Å²) in [5.41, 5.74) is 3.14. The van der Waals surface area contributed by atoms with Crippen LogP contribution < -0.4 is 4.72 Å². The lowest BCUT2D eigenvalue weighted by Crippen LogP contribution is -2.15. The number of hydrogen-bond acceptors (Lipinski definition) is 3. The van der Waals surface area contributed by atoms with Crippen LogP contribution in [0.5, 0.6) is 0 Å². The number of aromatic nitrogens is 2. The average Bonchev–Trinajstić information content (AvgIpc) is 2.91. The summed E-state index contributed by atoms with van der Waals surface area (Å²) in [5, 5.41) is 0. The monoisotopic (exact) mass is 315 g/mol. The van der Waals surface area contributed by atoms with Gasteiger partial charge in [-0.25, -0.2) is 13.4 Å². The normalized spacial score (nSPS) is 11.7. The highest BCUT2D eigenvalue weighted by Crippen LogP contribution is 2.23. The Morgan fingerprint density at radius 3 is 2.64 bits per heavy atom. The molecule has 6 heteroatoms. The van der Waals surface area contributed by atoms with Crippen LogP contribution in [0.15, 0.2) is 48.5 Å². The number of nitrogens with one attached hydrogen (secondary N) is 2. The van der Waals surface area contributed by atoms with Crippen LogP contribution in [0.1, 0.15) is 13.3 Å². The molecule has 2 N–H and O–H groups in total. The topological polar surface area (TPSA) is 74.8 Å². The van der Waals surface area contributed by atoms with Gasteiger partial charge < -0.3 is 4.98 Å². The molecule has 114 valence electrons. The van der Waals surface area contributed by atoms with Crippen LogP contribution >= 0.6 is 0 Å². The number of rotatable bonds is 5. The zero-order valence-electron chi connectivity index (χ0n) is 12.2. The number of nitrogens with zero attached hydrogens (tertiary/aromatic N) is 1. The van der Waals surface area contributed by atoms with Crippen LogP contribution in [-0.2, 0) is 10.0 Å². The molecule has 3 rings (SSSR count). The van der Waals surface area contributed by atoms with E-state index in [0.29, 0.717) is 12.1 Å². The van der Waals surface area contributed by atoms with E-state index in [1.165, 1.54) is 0 Å². The molecule has 0 saturated carbocycles. The van der Waals surface area contributed by atoms with Crippen molar-refractivity contribution in [3.8, 4) is 11.4 Å². The van der Waals surface area contributed by atoms with Gasteiger partial charge in [0.2, 0.25) is 10.0 Å². The highest BCUT2D eigenvalue weighted by molar-refractivity contribution is 7.92. The molecule has 0 amide bonds. The number of benzene rings is 2. The van der Waals surface area contributed by atoms with E-state index in [1.807, 2.05) is 43.3 Å². The molecule has 22 heavy (non-hydrogen) atoms. The Kier molecular flexibility index (Phi) is 3.85. The SMILES string of the molecule is CCCS(=O)(=O)Nc1ccc2nc(-c3ccccc3)[nH]c2c1. The number of fused-ring (bicyclic) bond motifs is 1. The highest BCUT2D eigenvalue weighted by atomic mass is 32.2. The molecule has 0 spiro atoms. The van der Waals surface area contributed by atoms with E-state index in [1.54, 1.807) is 12.1 Å². The van der Waals surface area contributed by atoms with Crippen LogP contribution in [0.2, 0.25) is 0 Å². The molecule has 0 atom stereocenters. The predicted octanol–water partition coefficient (Wildman–Crippen LogP) is 3.38. The van der Waals surface area contributed by atoms with Crippen molar-refractivity contribution in [3.05, 3.63) is 48.5 Å². The smallest absolute Gasteiger partial charge is 0.232 e. The van der Waals surface area contributed by atoms with Gasteiger partial charge in [0, 0.05) is 5.56 Å². The van der Waals surface area contributed by atoms with E-state index < -0.39 is 10.0 Å². The third kappa shape index (κ3) is 3.12. The van der Waals surface area contributed by atoms with Crippen LogP contribution in [0.3, 0.4) is 0 Å². The van der Waals surface area contributed by atoms with Gasteiger partial charge in [-0.05, 0) is 24.6 Å². The zero-order chi connectivity index (χ0) is 15.6. The second kappa shape index (κ2) is 5.81. The van der Waals surface area contributed by atoms with Gasteiger partial charge >= 0.3 is 0 Å². The zero-order valence-corrected chi connectivity index (χ0v) is 13.0. The summed E-state index contributed by atoms with van der Waals surface area (Å²) in [6.07, 6.45) is 0.583. The van der Waals surface area contributed by atoms with Crippen molar-refractivity contribution < 1.29 is 8.42 Å². The summed E-state index contributed by atoms with van der Waals surface area (Å²) < 4.78 is 26.2. The van der Waals surface area contributed by atoms with Gasteiger partial charge in [-0.15, -0.1) is 0 Å². The van der Waals surface area contributed by atoms with Crippen molar-refractivity contribution in [2.45, 2.75) is 13.3 Å². The van der Waals surface area contributed by atoms with Crippen molar-refractivity contribution >= 4 is 26.7 Å². The third-order valence-corrected chi connectivity index (χ3v) is 4.77. The number of sulfonamides is 1. The predicted molar refractivity (Wildman–Crippen MR) is 89.2 cm³/mol. The lowest BCUT2D eigenvalue weighted by molar-refractivity contribution is 0.600. The van der Waals surface area contributed by atoms with Crippen molar-refractivity contribution in [3.63, 3.8) is 0 Å². The molecule has 0 unspecified atom stereocenters. The van der Waals surface area contributed by atoms with Gasteiger partial charge in [-0.2, -0.15) is 0 Å². The Balaban J connectivity index is 1.94. The first-order valence-corrected chi connectivity index (χ1v) is 8.78. The number of hydrogen-bond donors (Lipinski definition) is 2. The van der Waals surface area contributed by atoms with Crippen molar-refractivity contribution in [2.75, 3.05) is 10.5 Å². The minimum absolute atomic E-state index is 0.114. The van der Waals surface area contributed by atoms with Crippen LogP contribution in [0, 0.1) is 0 Å². The van der Waals surface area contributed by atoms with Gasteiger partial charge in [0.05, 0.1) is 22.5 Å². The van der Waals surface area contributed by atoms with Crippen molar-refractivity contribution in [1.82, 2.24) is 9.97 Å². The first kappa shape index (κ1) is 14.6. The third-order valence-electron chi connectivity index (χ3n) is 3.28. The van der Waals surface area contributed by atoms with E-state index in [2.05, 4.69) is 14.7 Å². The number of anilines is 1. The molecule has 2 aromatic carbocycles. The molecule has 1 heterocycles. The minimum atomic E-state index is -3.28. The molecule has 0 saturated heterocycles. The second-order valence-electron chi connectivity index (χ2n) is 5.10. The van der Waals surface area contributed by atoms with Gasteiger partial charge in [-0.1, -0.05) is 37.3 Å². The number of aromatic amines is 1. The quantitative estimate of drug-likeness (QED) is 0.758. The first-order chi connectivity index (χ1) is 10.6. The number of H-pyrrole nitrogens is 1. The summed E-state index contributed by atoms with van der Waals surface area (Å²) in [6, 6.07) is 15.1. The lowest BCUT2D eigenvalue weighted by Gasteiger charge is -2.06. The Hall–Kier alpha value is -2.34. The van der Waals surface area contributed by atoms with Crippen LogP contribution in [-0.4, -0.2) is 24.1 Å². The molecule has 0 fully saturated rings. The van der Waals surface area contributed by atoms with Gasteiger partial charge in [-0.3, -0.25) is 4.72 Å². The lowest BCUT2D eigenvalue weighted by atomic mass is 10.2. The summed E-state index contributed by atoms with van der Waals surface area (Å²) in [5.74, 6) is 0.882. The molecule has 0 radical (unpaired) electrons. The fourth-order valence-corrected chi connectivity index (χ4v) is 3.43. The molecule has 0 aliphatic rings. The Labute approximate surface area is 129 Å². The van der Waals surface area contributed by atoms with Crippen molar-refractivity contribution in [2.24, 2.45) is 0 Å². The van der Waals surface area contributed by atoms with Gasteiger partial charge in [0.1, 0.15) is 5.82 Å². The largest absolute Gasteiger partial charge is 0.338 e. The minimum Gasteiger partial charge on any atom is -0.338 e. The Morgan fingerprint density at radius 1 is 1.14 bits per heavy atom. The van der Waals surface area contributed by atoms with Crippen LogP contribution in [0.25, 0.3) is 22.4 Å². The maximum absolute atomic E-state index is 11.8. The average molecular weight is 315 g/mol. The maximum atomic E-state index is 11.8. The molecular formula is C16H17N3O2S. The summed E-state index contributed by atoms with van der Waals surface area (Å²) in [4.78, 5) is 7.75. The highest BCUT2D eigenvalue weighted by Gasteiger charge is 2.10.